The van der Waals surface area contributed by atoms with E-state index < -0.39 is 0 Å². The molecule has 1 aromatic carbocycles. The summed E-state index contributed by atoms with van der Waals surface area (Å²) >= 11 is 0. The number of methoxy groups -OCH3 is 1. The largest absolute Gasteiger partial charge is 0.374 e. The Labute approximate surface area is 96.8 Å². The Morgan fingerprint density at radius 2 is 1.56 bits per heavy atom. The highest BCUT2D eigenvalue weighted by atomic mass is 16.5. The monoisotopic (exact) mass is 217 g/mol. The summed E-state index contributed by atoms with van der Waals surface area (Å²) in [5.41, 5.74) is 8.88. The van der Waals surface area contributed by atoms with Crippen LogP contribution in [0.5, 0.6) is 0 Å². The fourth-order valence-electron chi connectivity index (χ4n) is 2.68. The zero-order chi connectivity index (χ0) is 11.2. The molecule has 16 heavy (non-hydrogen) atoms. The van der Waals surface area contributed by atoms with Crippen LogP contribution in [0.1, 0.15) is 43.2 Å². The van der Waals surface area contributed by atoms with Gasteiger partial charge >= 0.3 is 0 Å². The van der Waals surface area contributed by atoms with Gasteiger partial charge in [-0.1, -0.05) is 24.3 Å². The summed E-state index contributed by atoms with van der Waals surface area (Å²) in [4.78, 5) is 0. The van der Waals surface area contributed by atoms with Crippen LogP contribution in [0, 0.1) is 0 Å². The van der Waals surface area contributed by atoms with Crippen molar-refractivity contribution in [2.24, 2.45) is 5.73 Å². The Hall–Kier alpha value is -0.860. The first-order valence-corrected chi connectivity index (χ1v) is 6.14. The van der Waals surface area contributed by atoms with Crippen molar-refractivity contribution in [3.05, 3.63) is 35.4 Å². The van der Waals surface area contributed by atoms with E-state index >= 15 is 0 Å². The lowest BCUT2D eigenvalue weighted by Gasteiger charge is -2.38. The van der Waals surface area contributed by atoms with Crippen LogP contribution in [0.15, 0.2) is 24.3 Å². The molecule has 0 amide bonds. The molecule has 0 atom stereocenters. The van der Waals surface area contributed by atoms with Crippen molar-refractivity contribution in [3.8, 4) is 0 Å². The Morgan fingerprint density at radius 1 is 1.00 bits per heavy atom. The van der Waals surface area contributed by atoms with E-state index in [0.29, 0.717) is 0 Å². The third-order valence-electron chi connectivity index (χ3n) is 4.33. The lowest BCUT2D eigenvalue weighted by molar-refractivity contribution is 0.0788. The lowest BCUT2D eigenvalue weighted by atomic mass is 9.72. The second-order valence-electron chi connectivity index (χ2n) is 5.29. The minimum absolute atomic E-state index is 0.0277. The summed E-state index contributed by atoms with van der Waals surface area (Å²) in [7, 11) is 1.80. The molecular weight excluding hydrogens is 198 g/mol. The average molecular weight is 217 g/mol. The van der Waals surface area contributed by atoms with Gasteiger partial charge in [0.05, 0.1) is 5.60 Å². The minimum atomic E-state index is -0.0394. The van der Waals surface area contributed by atoms with Crippen LogP contribution in [-0.4, -0.2) is 7.11 Å². The SMILES string of the molecule is COC1(c2ccc(C3(N)CCC3)cc2)CC1. The summed E-state index contributed by atoms with van der Waals surface area (Å²) in [6, 6.07) is 8.76. The number of benzene rings is 1. The number of hydrogen-bond acceptors (Lipinski definition) is 2. The topological polar surface area (TPSA) is 35.2 Å². The van der Waals surface area contributed by atoms with Crippen molar-refractivity contribution in [2.75, 3.05) is 7.11 Å². The predicted molar refractivity (Wildman–Crippen MR) is 64.1 cm³/mol. The molecule has 1 aromatic rings. The van der Waals surface area contributed by atoms with Gasteiger partial charge in [0.25, 0.3) is 0 Å². The first-order valence-electron chi connectivity index (χ1n) is 6.14. The van der Waals surface area contributed by atoms with Gasteiger partial charge in [-0.25, -0.2) is 0 Å². The quantitative estimate of drug-likeness (QED) is 0.844. The van der Waals surface area contributed by atoms with Crippen LogP contribution in [0.3, 0.4) is 0 Å². The highest BCUT2D eigenvalue weighted by molar-refractivity contribution is 5.35. The van der Waals surface area contributed by atoms with Gasteiger partial charge in [0.2, 0.25) is 0 Å². The maximum Gasteiger partial charge on any atom is 0.0929 e. The van der Waals surface area contributed by atoms with Crippen LogP contribution in [0.2, 0.25) is 0 Å². The van der Waals surface area contributed by atoms with E-state index in [1.807, 2.05) is 0 Å². The fourth-order valence-corrected chi connectivity index (χ4v) is 2.68. The summed E-state index contributed by atoms with van der Waals surface area (Å²) in [5, 5.41) is 0. The zero-order valence-electron chi connectivity index (χ0n) is 9.83. The van der Waals surface area contributed by atoms with Crippen molar-refractivity contribution in [2.45, 2.75) is 43.2 Å². The molecule has 0 unspecified atom stereocenters. The van der Waals surface area contributed by atoms with Crippen LogP contribution in [-0.2, 0) is 15.9 Å². The molecular formula is C14H19NO. The van der Waals surface area contributed by atoms with Crippen molar-refractivity contribution in [3.63, 3.8) is 0 Å². The number of nitrogens with two attached hydrogens (primary N) is 1. The van der Waals surface area contributed by atoms with Crippen molar-refractivity contribution in [1.29, 1.82) is 0 Å². The van der Waals surface area contributed by atoms with E-state index in [-0.39, 0.29) is 11.1 Å². The zero-order valence-corrected chi connectivity index (χ0v) is 9.83. The van der Waals surface area contributed by atoms with E-state index in [2.05, 4.69) is 24.3 Å². The molecule has 2 saturated carbocycles. The molecule has 2 heteroatoms. The Morgan fingerprint density at radius 3 is 1.94 bits per heavy atom. The molecule has 0 aromatic heterocycles. The molecule has 2 fully saturated rings. The van der Waals surface area contributed by atoms with E-state index in [1.54, 1.807) is 7.11 Å². The Kier molecular flexibility index (Phi) is 2.13. The van der Waals surface area contributed by atoms with Gasteiger partial charge in [-0.3, -0.25) is 0 Å². The van der Waals surface area contributed by atoms with Crippen LogP contribution in [0.25, 0.3) is 0 Å². The summed E-state index contributed by atoms with van der Waals surface area (Å²) in [6.45, 7) is 0. The Bertz CT molecular complexity index is 364. The number of hydrogen-bond donors (Lipinski definition) is 1. The third-order valence-corrected chi connectivity index (χ3v) is 4.33. The van der Waals surface area contributed by atoms with Gasteiger partial charge in [-0.05, 0) is 43.2 Å². The smallest absolute Gasteiger partial charge is 0.0929 e. The van der Waals surface area contributed by atoms with Crippen LogP contribution >= 0.6 is 0 Å². The van der Waals surface area contributed by atoms with Gasteiger partial charge in [-0.15, -0.1) is 0 Å². The van der Waals surface area contributed by atoms with Gasteiger partial charge in [0, 0.05) is 12.6 Å². The molecule has 0 heterocycles. The molecule has 2 nitrogen and oxygen atoms in total. The molecule has 86 valence electrons. The minimum Gasteiger partial charge on any atom is -0.374 e. The molecule has 0 aliphatic heterocycles. The molecule has 0 saturated heterocycles. The van der Waals surface area contributed by atoms with Crippen molar-refractivity contribution >= 4 is 0 Å². The summed E-state index contributed by atoms with van der Waals surface area (Å²) in [6.07, 6.45) is 5.82. The maximum absolute atomic E-state index is 6.30. The molecule has 0 bridgehead atoms. The van der Waals surface area contributed by atoms with E-state index in [9.17, 15) is 0 Å². The van der Waals surface area contributed by atoms with Crippen molar-refractivity contribution < 1.29 is 4.74 Å². The molecule has 2 aliphatic carbocycles. The highest BCUT2D eigenvalue weighted by Gasteiger charge is 2.45. The second-order valence-corrected chi connectivity index (χ2v) is 5.29. The van der Waals surface area contributed by atoms with E-state index in [1.165, 1.54) is 17.5 Å². The maximum atomic E-state index is 6.30. The standard InChI is InChI=1S/C14H19NO/c1-16-14(9-10-14)12-5-3-11(4-6-12)13(15)7-2-8-13/h3-6H,2,7-10,15H2,1H3. The van der Waals surface area contributed by atoms with Gasteiger partial charge in [-0.2, -0.15) is 0 Å². The van der Waals surface area contributed by atoms with Gasteiger partial charge < -0.3 is 10.5 Å². The predicted octanol–water partition coefficient (Wildman–Crippen LogP) is 2.66. The van der Waals surface area contributed by atoms with E-state index in [4.69, 9.17) is 10.5 Å². The summed E-state index contributed by atoms with van der Waals surface area (Å²) < 4.78 is 5.57. The van der Waals surface area contributed by atoms with Crippen LogP contribution in [0.4, 0.5) is 0 Å². The van der Waals surface area contributed by atoms with Crippen LogP contribution < -0.4 is 5.73 Å². The fraction of sp³-hybridized carbons (Fsp3) is 0.571. The molecule has 0 spiro atoms. The Balaban J connectivity index is 1.85. The second kappa shape index (κ2) is 3.31. The third kappa shape index (κ3) is 1.40. The van der Waals surface area contributed by atoms with Gasteiger partial charge in [0.1, 0.15) is 0 Å². The van der Waals surface area contributed by atoms with Crippen molar-refractivity contribution in [1.82, 2.24) is 0 Å². The lowest BCUT2D eigenvalue weighted by Crippen LogP contribution is -2.43. The first kappa shape index (κ1) is 10.3. The average Bonchev–Trinajstić information content (AvgIpc) is 3.07. The first-order chi connectivity index (χ1) is 7.69. The highest BCUT2D eigenvalue weighted by Crippen LogP contribution is 2.49. The number of rotatable bonds is 3. The molecule has 0 radical (unpaired) electrons. The number of ether oxygens (including phenoxy) is 1. The molecule has 2 aliphatic rings. The molecule has 3 rings (SSSR count). The molecule has 2 N–H and O–H groups in total. The van der Waals surface area contributed by atoms with E-state index in [0.717, 1.165) is 25.7 Å². The van der Waals surface area contributed by atoms with Gasteiger partial charge in [0.15, 0.2) is 0 Å². The summed E-state index contributed by atoms with van der Waals surface area (Å²) in [5.74, 6) is 0. The normalized spacial score (nSPS) is 24.9.